The summed E-state index contributed by atoms with van der Waals surface area (Å²) in [6, 6.07) is 0. The van der Waals surface area contributed by atoms with Gasteiger partial charge in [-0.3, -0.25) is 4.90 Å². The number of rotatable bonds is 10. The molecular weight excluding hydrogens is 260 g/mol. The second-order valence-electron chi connectivity index (χ2n) is 4.73. The van der Waals surface area contributed by atoms with Crippen LogP contribution in [0.25, 0.3) is 0 Å². The highest BCUT2D eigenvalue weighted by Gasteiger charge is 2.16. The van der Waals surface area contributed by atoms with E-state index >= 15 is 0 Å². The maximum atomic E-state index is 11.8. The summed E-state index contributed by atoms with van der Waals surface area (Å²) >= 11 is 4.89. The van der Waals surface area contributed by atoms with E-state index in [9.17, 15) is 4.79 Å². The molecule has 0 radical (unpaired) electrons. The predicted octanol–water partition coefficient (Wildman–Crippen LogP) is 3.83. The van der Waals surface area contributed by atoms with E-state index in [2.05, 4.69) is 13.8 Å². The zero-order chi connectivity index (χ0) is 14.5. The molecule has 2 N–H and O–H groups in total. The van der Waals surface area contributed by atoms with E-state index < -0.39 is 6.09 Å². The Kier molecular flexibility index (Phi) is 11.7. The van der Waals surface area contributed by atoms with Crippen molar-refractivity contribution in [1.82, 2.24) is 4.90 Å². The fourth-order valence-electron chi connectivity index (χ4n) is 1.72. The highest BCUT2D eigenvalue weighted by molar-refractivity contribution is 7.80. The van der Waals surface area contributed by atoms with Crippen molar-refractivity contribution in [1.29, 1.82) is 0 Å². The van der Waals surface area contributed by atoms with Gasteiger partial charge in [0.25, 0.3) is 0 Å². The number of hydrogen-bond acceptors (Lipinski definition) is 3. The lowest BCUT2D eigenvalue weighted by molar-refractivity contribution is 0.121. The van der Waals surface area contributed by atoms with Gasteiger partial charge in [0.05, 0.1) is 6.61 Å². The zero-order valence-corrected chi connectivity index (χ0v) is 13.1. The van der Waals surface area contributed by atoms with E-state index in [-0.39, 0.29) is 5.11 Å². The fourth-order valence-corrected chi connectivity index (χ4v) is 1.89. The summed E-state index contributed by atoms with van der Waals surface area (Å²) in [4.78, 5) is 13.1. The molecule has 19 heavy (non-hydrogen) atoms. The first-order valence-corrected chi connectivity index (χ1v) is 7.78. The highest BCUT2D eigenvalue weighted by Crippen LogP contribution is 2.07. The van der Waals surface area contributed by atoms with Crippen LogP contribution in [-0.2, 0) is 4.74 Å². The van der Waals surface area contributed by atoms with Gasteiger partial charge in [-0.1, -0.05) is 52.4 Å². The first-order valence-electron chi connectivity index (χ1n) is 7.37. The van der Waals surface area contributed by atoms with Gasteiger partial charge in [0.15, 0.2) is 5.11 Å². The van der Waals surface area contributed by atoms with Gasteiger partial charge < -0.3 is 10.5 Å². The van der Waals surface area contributed by atoms with Crippen LogP contribution in [0.15, 0.2) is 0 Å². The Balaban J connectivity index is 3.85. The van der Waals surface area contributed by atoms with Crippen LogP contribution in [-0.4, -0.2) is 29.3 Å². The van der Waals surface area contributed by atoms with Crippen LogP contribution in [0.1, 0.15) is 65.2 Å². The summed E-state index contributed by atoms with van der Waals surface area (Å²) in [6.07, 6.45) is 8.45. The lowest BCUT2D eigenvalue weighted by Crippen LogP contribution is -2.41. The zero-order valence-electron chi connectivity index (χ0n) is 12.3. The molecule has 0 fully saturated rings. The Hall–Kier alpha value is -0.840. The Morgan fingerprint density at radius 1 is 1.05 bits per heavy atom. The molecule has 0 unspecified atom stereocenters. The smallest absolute Gasteiger partial charge is 0.416 e. The Morgan fingerprint density at radius 2 is 1.63 bits per heavy atom. The molecule has 4 nitrogen and oxygen atoms in total. The minimum Gasteiger partial charge on any atom is -0.449 e. The molecule has 0 bridgehead atoms. The first kappa shape index (κ1) is 18.2. The molecule has 0 aliphatic heterocycles. The summed E-state index contributed by atoms with van der Waals surface area (Å²) in [6.45, 7) is 5.24. The van der Waals surface area contributed by atoms with Crippen LogP contribution in [0.5, 0.6) is 0 Å². The van der Waals surface area contributed by atoms with Crippen molar-refractivity contribution >= 4 is 23.4 Å². The Bertz CT molecular complexity index is 260. The lowest BCUT2D eigenvalue weighted by Gasteiger charge is -2.20. The second kappa shape index (κ2) is 12.2. The van der Waals surface area contributed by atoms with Crippen LogP contribution in [0.4, 0.5) is 4.79 Å². The van der Waals surface area contributed by atoms with Gasteiger partial charge in [0.1, 0.15) is 0 Å². The number of carbonyl (C=O) groups excluding carboxylic acids is 1. The van der Waals surface area contributed by atoms with Gasteiger partial charge in [-0.15, -0.1) is 0 Å². The SMILES string of the molecule is CCCCCCCCN(C(=O)OCCCC)C(N)=S. The molecular formula is C14H28N2O2S. The number of hydrogen-bond donors (Lipinski definition) is 1. The third kappa shape index (κ3) is 9.70. The monoisotopic (exact) mass is 288 g/mol. The largest absolute Gasteiger partial charge is 0.449 e. The predicted molar refractivity (Wildman–Crippen MR) is 83.1 cm³/mol. The molecule has 112 valence electrons. The summed E-state index contributed by atoms with van der Waals surface area (Å²) in [5, 5.41) is 0.107. The average Bonchev–Trinajstić information content (AvgIpc) is 2.37. The van der Waals surface area contributed by atoms with Crippen molar-refractivity contribution < 1.29 is 9.53 Å². The third-order valence-electron chi connectivity index (χ3n) is 2.95. The van der Waals surface area contributed by atoms with Crippen molar-refractivity contribution in [2.75, 3.05) is 13.2 Å². The topological polar surface area (TPSA) is 55.6 Å². The normalized spacial score (nSPS) is 10.2. The molecule has 0 saturated heterocycles. The number of nitrogens with two attached hydrogens (primary N) is 1. The maximum Gasteiger partial charge on any atom is 0.416 e. The van der Waals surface area contributed by atoms with E-state index in [1.54, 1.807) is 0 Å². The third-order valence-corrected chi connectivity index (χ3v) is 3.17. The summed E-state index contributed by atoms with van der Waals surface area (Å²) in [7, 11) is 0. The molecule has 0 spiro atoms. The van der Waals surface area contributed by atoms with Gasteiger partial charge in [-0.05, 0) is 25.1 Å². The number of unbranched alkanes of at least 4 members (excludes halogenated alkanes) is 6. The van der Waals surface area contributed by atoms with Gasteiger partial charge in [-0.2, -0.15) is 0 Å². The quantitative estimate of drug-likeness (QED) is 0.490. The minimum absolute atomic E-state index is 0.107. The van der Waals surface area contributed by atoms with Crippen LogP contribution in [0.2, 0.25) is 0 Å². The lowest BCUT2D eigenvalue weighted by atomic mass is 10.1. The highest BCUT2D eigenvalue weighted by atomic mass is 32.1. The molecule has 0 heterocycles. The molecule has 5 heteroatoms. The molecule has 0 aromatic heterocycles. The van der Waals surface area contributed by atoms with E-state index in [0.29, 0.717) is 13.2 Å². The summed E-state index contributed by atoms with van der Waals surface area (Å²) < 4.78 is 5.12. The van der Waals surface area contributed by atoms with Gasteiger partial charge in [0, 0.05) is 6.54 Å². The Morgan fingerprint density at radius 3 is 2.21 bits per heavy atom. The standard InChI is InChI=1S/C14H28N2O2S/c1-3-5-7-8-9-10-11-16(13(15)19)14(17)18-12-6-4-2/h3-12H2,1-2H3,(H2,15,19). The molecule has 0 rings (SSSR count). The summed E-state index contributed by atoms with van der Waals surface area (Å²) in [5.74, 6) is 0. The van der Waals surface area contributed by atoms with E-state index in [1.165, 1.54) is 30.6 Å². The number of thiocarbonyl (C=S) groups is 1. The molecule has 0 aromatic carbocycles. The van der Waals surface area contributed by atoms with Crippen LogP contribution in [0.3, 0.4) is 0 Å². The van der Waals surface area contributed by atoms with E-state index in [4.69, 9.17) is 22.7 Å². The summed E-state index contributed by atoms with van der Waals surface area (Å²) in [5.41, 5.74) is 5.56. The fraction of sp³-hybridized carbons (Fsp3) is 0.857. The van der Waals surface area contributed by atoms with E-state index in [1.807, 2.05) is 0 Å². The molecule has 1 amide bonds. The number of ether oxygens (including phenoxy) is 1. The van der Waals surface area contributed by atoms with E-state index in [0.717, 1.165) is 25.7 Å². The molecule has 0 aliphatic rings. The molecule has 0 saturated carbocycles. The molecule has 0 atom stereocenters. The van der Waals surface area contributed by atoms with Crippen LogP contribution < -0.4 is 5.73 Å². The average molecular weight is 288 g/mol. The van der Waals surface area contributed by atoms with Crippen molar-refractivity contribution in [3.8, 4) is 0 Å². The van der Waals surface area contributed by atoms with Crippen molar-refractivity contribution in [3.63, 3.8) is 0 Å². The first-order chi connectivity index (χ1) is 9.13. The van der Waals surface area contributed by atoms with Crippen molar-refractivity contribution in [2.45, 2.75) is 65.2 Å². The second-order valence-corrected chi connectivity index (χ2v) is 5.14. The van der Waals surface area contributed by atoms with Crippen molar-refractivity contribution in [3.05, 3.63) is 0 Å². The van der Waals surface area contributed by atoms with Crippen LogP contribution in [0, 0.1) is 0 Å². The van der Waals surface area contributed by atoms with Gasteiger partial charge in [0.2, 0.25) is 0 Å². The maximum absolute atomic E-state index is 11.8. The number of amides is 1. The Labute approximate surface area is 122 Å². The van der Waals surface area contributed by atoms with Gasteiger partial charge in [-0.25, -0.2) is 4.79 Å². The van der Waals surface area contributed by atoms with Crippen molar-refractivity contribution in [2.24, 2.45) is 5.73 Å². The number of carbonyl (C=O) groups is 1. The molecule has 0 aromatic rings. The van der Waals surface area contributed by atoms with Crippen LogP contribution >= 0.6 is 12.2 Å². The van der Waals surface area contributed by atoms with Gasteiger partial charge >= 0.3 is 6.09 Å². The minimum atomic E-state index is -0.408. The molecule has 0 aliphatic carbocycles. The number of nitrogens with zero attached hydrogens (tertiary/aromatic N) is 1.